The van der Waals surface area contributed by atoms with Gasteiger partial charge >= 0.3 is 0 Å². The van der Waals surface area contributed by atoms with E-state index in [2.05, 4.69) is 15.5 Å². The third kappa shape index (κ3) is 3.21. The summed E-state index contributed by atoms with van der Waals surface area (Å²) in [7, 11) is 0. The van der Waals surface area contributed by atoms with Crippen LogP contribution in [0.1, 0.15) is 10.4 Å². The van der Waals surface area contributed by atoms with Gasteiger partial charge in [0.1, 0.15) is 11.5 Å². The first kappa shape index (κ1) is 15.0. The number of benzene rings is 3. The minimum Gasteiger partial charge on any atom is -0.457 e. The lowest BCUT2D eigenvalue weighted by molar-refractivity contribution is 0.102. The Hall–Kier alpha value is -3.60. The van der Waals surface area contributed by atoms with E-state index in [1.54, 1.807) is 12.1 Å². The van der Waals surface area contributed by atoms with E-state index in [-0.39, 0.29) is 5.91 Å². The number of carbonyl (C=O) groups excluding carboxylic acids is 1. The van der Waals surface area contributed by atoms with Crippen molar-refractivity contribution >= 4 is 22.6 Å². The normalized spacial score (nSPS) is 10.6. The predicted octanol–water partition coefficient (Wildman–Crippen LogP) is 4.61. The molecule has 0 spiro atoms. The molecule has 1 amide bonds. The molecule has 0 aliphatic rings. The SMILES string of the molecule is O=C(Nc1n[nH]c2ccc(Oc3ccccc3)cc12)c1ccccc1. The highest BCUT2D eigenvalue weighted by molar-refractivity contribution is 6.07. The molecule has 1 aromatic heterocycles. The molecule has 0 atom stereocenters. The van der Waals surface area contributed by atoms with Crippen molar-refractivity contribution in [3.8, 4) is 11.5 Å². The molecule has 0 aliphatic carbocycles. The van der Waals surface area contributed by atoms with Crippen LogP contribution < -0.4 is 10.1 Å². The Kier molecular flexibility index (Phi) is 3.88. The molecular formula is C20H15N3O2. The van der Waals surface area contributed by atoms with Crippen molar-refractivity contribution in [2.45, 2.75) is 0 Å². The number of rotatable bonds is 4. The van der Waals surface area contributed by atoms with E-state index < -0.39 is 0 Å². The molecule has 1 heterocycles. The van der Waals surface area contributed by atoms with E-state index in [0.717, 1.165) is 16.7 Å². The number of aromatic nitrogens is 2. The van der Waals surface area contributed by atoms with Gasteiger partial charge in [-0.2, -0.15) is 5.10 Å². The number of hydrogen-bond donors (Lipinski definition) is 2. The van der Waals surface area contributed by atoms with Crippen molar-refractivity contribution in [2.24, 2.45) is 0 Å². The maximum absolute atomic E-state index is 12.3. The number of nitrogens with zero attached hydrogens (tertiary/aromatic N) is 1. The highest BCUT2D eigenvalue weighted by Crippen LogP contribution is 2.28. The second kappa shape index (κ2) is 6.49. The van der Waals surface area contributed by atoms with E-state index in [1.807, 2.05) is 66.7 Å². The van der Waals surface area contributed by atoms with Gasteiger partial charge in [0.05, 0.1) is 5.52 Å². The summed E-state index contributed by atoms with van der Waals surface area (Å²) in [5.41, 5.74) is 1.40. The first-order valence-corrected chi connectivity index (χ1v) is 7.87. The van der Waals surface area contributed by atoms with E-state index >= 15 is 0 Å². The minimum absolute atomic E-state index is 0.205. The maximum Gasteiger partial charge on any atom is 0.256 e. The average Bonchev–Trinajstić information content (AvgIpc) is 3.05. The number of fused-ring (bicyclic) bond motifs is 1. The summed E-state index contributed by atoms with van der Waals surface area (Å²) in [6, 6.07) is 24.2. The van der Waals surface area contributed by atoms with Gasteiger partial charge in [-0.25, -0.2) is 0 Å². The van der Waals surface area contributed by atoms with Crippen molar-refractivity contribution < 1.29 is 9.53 Å². The van der Waals surface area contributed by atoms with Crippen molar-refractivity contribution in [1.82, 2.24) is 10.2 Å². The van der Waals surface area contributed by atoms with Crippen LogP contribution in [0.2, 0.25) is 0 Å². The van der Waals surface area contributed by atoms with E-state index in [9.17, 15) is 4.79 Å². The van der Waals surface area contributed by atoms with Crippen LogP contribution in [0.3, 0.4) is 0 Å². The average molecular weight is 329 g/mol. The van der Waals surface area contributed by atoms with Crippen molar-refractivity contribution in [3.05, 3.63) is 84.4 Å². The van der Waals surface area contributed by atoms with Crippen molar-refractivity contribution in [1.29, 1.82) is 0 Å². The fraction of sp³-hybridized carbons (Fsp3) is 0. The first-order valence-electron chi connectivity index (χ1n) is 7.87. The number of aromatic amines is 1. The molecule has 122 valence electrons. The molecule has 0 fully saturated rings. The fourth-order valence-corrected chi connectivity index (χ4v) is 2.55. The van der Waals surface area contributed by atoms with Gasteiger partial charge in [0.25, 0.3) is 5.91 Å². The highest BCUT2D eigenvalue weighted by Gasteiger charge is 2.12. The standard InChI is InChI=1S/C20H15N3O2/c24-20(14-7-3-1-4-8-14)21-19-17-13-16(11-12-18(17)22-23-19)25-15-9-5-2-6-10-15/h1-13H,(H2,21,22,23,24). The Morgan fingerprint density at radius 1 is 0.880 bits per heavy atom. The van der Waals surface area contributed by atoms with Gasteiger partial charge in [-0.3, -0.25) is 9.89 Å². The number of ether oxygens (including phenoxy) is 1. The lowest BCUT2D eigenvalue weighted by atomic mass is 10.2. The Morgan fingerprint density at radius 2 is 1.60 bits per heavy atom. The summed E-state index contributed by atoms with van der Waals surface area (Å²) in [5.74, 6) is 1.70. The molecule has 2 N–H and O–H groups in total. The van der Waals surface area contributed by atoms with Crippen LogP contribution in [0, 0.1) is 0 Å². The number of para-hydroxylation sites is 1. The monoisotopic (exact) mass is 329 g/mol. The Morgan fingerprint density at radius 3 is 2.36 bits per heavy atom. The summed E-state index contributed by atoms with van der Waals surface area (Å²) in [4.78, 5) is 12.3. The van der Waals surface area contributed by atoms with E-state index in [0.29, 0.717) is 17.1 Å². The van der Waals surface area contributed by atoms with Crippen LogP contribution in [0.25, 0.3) is 10.9 Å². The second-order valence-electron chi connectivity index (χ2n) is 5.51. The summed E-state index contributed by atoms with van der Waals surface area (Å²) in [6.45, 7) is 0. The molecule has 0 saturated carbocycles. The summed E-state index contributed by atoms with van der Waals surface area (Å²) in [5, 5.41) is 10.7. The first-order chi connectivity index (χ1) is 12.3. The van der Waals surface area contributed by atoms with Gasteiger partial charge in [-0.05, 0) is 42.5 Å². The third-order valence-corrected chi connectivity index (χ3v) is 3.78. The van der Waals surface area contributed by atoms with Gasteiger partial charge in [-0.1, -0.05) is 36.4 Å². The van der Waals surface area contributed by atoms with Gasteiger partial charge in [0, 0.05) is 10.9 Å². The molecular weight excluding hydrogens is 314 g/mol. The van der Waals surface area contributed by atoms with Gasteiger partial charge in [0.15, 0.2) is 5.82 Å². The van der Waals surface area contributed by atoms with Crippen LogP contribution in [-0.4, -0.2) is 16.1 Å². The zero-order valence-electron chi connectivity index (χ0n) is 13.3. The molecule has 3 aromatic carbocycles. The molecule has 0 saturated heterocycles. The van der Waals surface area contributed by atoms with Gasteiger partial charge in [-0.15, -0.1) is 0 Å². The Labute approximate surface area is 144 Å². The Balaban J connectivity index is 1.61. The van der Waals surface area contributed by atoms with Crippen molar-refractivity contribution in [3.63, 3.8) is 0 Å². The largest absolute Gasteiger partial charge is 0.457 e. The number of nitrogens with one attached hydrogen (secondary N) is 2. The number of amides is 1. The third-order valence-electron chi connectivity index (χ3n) is 3.78. The minimum atomic E-state index is -0.205. The second-order valence-corrected chi connectivity index (χ2v) is 5.51. The fourth-order valence-electron chi connectivity index (χ4n) is 2.55. The summed E-state index contributed by atoms with van der Waals surface area (Å²) in [6.07, 6.45) is 0. The molecule has 4 rings (SSSR count). The quantitative estimate of drug-likeness (QED) is 0.574. The van der Waals surface area contributed by atoms with Gasteiger partial charge < -0.3 is 10.1 Å². The number of hydrogen-bond acceptors (Lipinski definition) is 3. The zero-order chi connectivity index (χ0) is 17.1. The topological polar surface area (TPSA) is 67.0 Å². The summed E-state index contributed by atoms with van der Waals surface area (Å²) >= 11 is 0. The predicted molar refractivity (Wildman–Crippen MR) is 97.0 cm³/mol. The van der Waals surface area contributed by atoms with Crippen LogP contribution in [-0.2, 0) is 0 Å². The zero-order valence-corrected chi connectivity index (χ0v) is 13.3. The van der Waals surface area contributed by atoms with Crippen LogP contribution in [0.15, 0.2) is 78.9 Å². The maximum atomic E-state index is 12.3. The lowest BCUT2D eigenvalue weighted by Gasteiger charge is -2.06. The van der Waals surface area contributed by atoms with Crippen molar-refractivity contribution in [2.75, 3.05) is 5.32 Å². The van der Waals surface area contributed by atoms with E-state index in [1.165, 1.54) is 0 Å². The lowest BCUT2D eigenvalue weighted by Crippen LogP contribution is -2.12. The summed E-state index contributed by atoms with van der Waals surface area (Å²) < 4.78 is 5.85. The molecule has 0 bridgehead atoms. The van der Waals surface area contributed by atoms with Gasteiger partial charge in [0.2, 0.25) is 0 Å². The molecule has 4 aromatic rings. The van der Waals surface area contributed by atoms with E-state index in [4.69, 9.17) is 4.74 Å². The van der Waals surface area contributed by atoms with Crippen LogP contribution in [0.4, 0.5) is 5.82 Å². The number of H-pyrrole nitrogens is 1. The van der Waals surface area contributed by atoms with Crippen LogP contribution in [0.5, 0.6) is 11.5 Å². The molecule has 5 nitrogen and oxygen atoms in total. The Bertz CT molecular complexity index is 1010. The van der Waals surface area contributed by atoms with Crippen LogP contribution >= 0.6 is 0 Å². The molecule has 5 heteroatoms. The molecule has 0 aliphatic heterocycles. The highest BCUT2D eigenvalue weighted by atomic mass is 16.5. The number of anilines is 1. The molecule has 0 radical (unpaired) electrons. The smallest absolute Gasteiger partial charge is 0.256 e. The number of carbonyl (C=O) groups is 1. The molecule has 0 unspecified atom stereocenters. The molecule has 25 heavy (non-hydrogen) atoms.